The summed E-state index contributed by atoms with van der Waals surface area (Å²) in [6.07, 6.45) is -8.76. The number of alkyl halides is 3. The highest BCUT2D eigenvalue weighted by molar-refractivity contribution is 7.80. The van der Waals surface area contributed by atoms with Crippen molar-refractivity contribution >= 4 is 48.4 Å². The Bertz CT molecular complexity index is 1130. The highest BCUT2D eigenvalue weighted by Gasteiger charge is 2.38. The normalized spacial score (nSPS) is 13.3. The fourth-order valence-corrected chi connectivity index (χ4v) is 3.67. The molecule has 1 aromatic carbocycles. The van der Waals surface area contributed by atoms with E-state index in [9.17, 15) is 41.9 Å². The van der Waals surface area contributed by atoms with Gasteiger partial charge in [-0.25, -0.2) is 9.59 Å². The van der Waals surface area contributed by atoms with E-state index in [-0.39, 0.29) is 36.8 Å². The zero-order valence-corrected chi connectivity index (χ0v) is 24.3. The number of amides is 4. The van der Waals surface area contributed by atoms with Gasteiger partial charge in [-0.3, -0.25) is 19.2 Å². The van der Waals surface area contributed by atoms with E-state index < -0.39 is 79.3 Å². The molecule has 240 valence electrons. The van der Waals surface area contributed by atoms with E-state index in [1.165, 1.54) is 12.1 Å². The van der Waals surface area contributed by atoms with Gasteiger partial charge in [0.25, 0.3) is 0 Å². The number of halogens is 3. The molecule has 0 saturated carbocycles. The first-order chi connectivity index (χ1) is 20.0. The van der Waals surface area contributed by atoms with Gasteiger partial charge in [-0.2, -0.15) is 25.8 Å². The van der Waals surface area contributed by atoms with Gasteiger partial charge in [0.15, 0.2) is 0 Å². The lowest BCUT2D eigenvalue weighted by molar-refractivity contribution is -0.152. The molecule has 17 heteroatoms. The Morgan fingerprint density at radius 1 is 0.884 bits per heavy atom. The molecule has 0 bridgehead atoms. The van der Waals surface area contributed by atoms with Crippen molar-refractivity contribution in [2.45, 2.75) is 63.8 Å². The number of rotatable bonds is 17. The molecule has 4 amide bonds. The first kappa shape index (κ1) is 37.0. The van der Waals surface area contributed by atoms with E-state index in [1.807, 2.05) is 5.32 Å². The molecule has 0 heterocycles. The van der Waals surface area contributed by atoms with Crippen LogP contribution in [0.4, 0.5) is 18.0 Å². The minimum atomic E-state index is -4.94. The zero-order chi connectivity index (χ0) is 32.7. The Labute approximate surface area is 250 Å². The standard InChI is InChI=1S/C26H35F3N4O9S/c1-14(2)12-42-25(41)33-17(7-8-20(34)35)22(37)31-18(11-26(27,28)29)23(38)32-19(13-43)21(36)30-10-9-15-3-5-16(6-4-15)24(39)40/h3-6,14,17-19,43H,7-13H2,1-2H3,(H,30,36)(H,31,37)(H,32,38)(H,33,41)(H,34,35)(H,39,40)/t17-,18-,19-/m0/s1. The maximum Gasteiger partial charge on any atom is 0.407 e. The van der Waals surface area contributed by atoms with Crippen molar-refractivity contribution in [1.29, 1.82) is 0 Å². The number of aliphatic carboxylic acids is 1. The Balaban J connectivity index is 2.91. The second kappa shape index (κ2) is 17.8. The summed E-state index contributed by atoms with van der Waals surface area (Å²) in [6, 6.07) is 0.554. The van der Waals surface area contributed by atoms with Crippen molar-refractivity contribution in [1.82, 2.24) is 21.3 Å². The lowest BCUT2D eigenvalue weighted by Crippen LogP contribution is -2.58. The second-order valence-electron chi connectivity index (χ2n) is 9.79. The van der Waals surface area contributed by atoms with Crippen molar-refractivity contribution < 1.29 is 56.9 Å². The van der Waals surface area contributed by atoms with Gasteiger partial charge in [0.1, 0.15) is 18.1 Å². The Kier molecular flexibility index (Phi) is 15.3. The predicted octanol–water partition coefficient (Wildman–Crippen LogP) is 1.51. The van der Waals surface area contributed by atoms with E-state index in [2.05, 4.69) is 28.6 Å². The lowest BCUT2D eigenvalue weighted by atomic mass is 10.1. The average molecular weight is 637 g/mol. The highest BCUT2D eigenvalue weighted by Crippen LogP contribution is 2.22. The van der Waals surface area contributed by atoms with E-state index in [0.717, 1.165) is 0 Å². The molecule has 0 spiro atoms. The number of carbonyl (C=O) groups is 6. The first-order valence-electron chi connectivity index (χ1n) is 13.1. The number of hydrogen-bond donors (Lipinski definition) is 7. The summed E-state index contributed by atoms with van der Waals surface area (Å²) in [5.41, 5.74) is 0.755. The number of nitrogens with one attached hydrogen (secondary N) is 4. The van der Waals surface area contributed by atoms with Gasteiger partial charge in [0.05, 0.1) is 18.6 Å². The molecule has 0 saturated heterocycles. The van der Waals surface area contributed by atoms with Crippen LogP contribution < -0.4 is 21.3 Å². The van der Waals surface area contributed by atoms with E-state index in [1.54, 1.807) is 26.0 Å². The van der Waals surface area contributed by atoms with E-state index in [4.69, 9.17) is 14.9 Å². The Hall–Kier alpha value is -4.02. The molecule has 1 rings (SSSR count). The summed E-state index contributed by atoms with van der Waals surface area (Å²) in [5.74, 6) is -6.28. The van der Waals surface area contributed by atoms with Crippen molar-refractivity contribution in [3.8, 4) is 0 Å². The van der Waals surface area contributed by atoms with Crippen LogP contribution in [0.5, 0.6) is 0 Å². The van der Waals surface area contributed by atoms with Crippen LogP contribution in [0, 0.1) is 5.92 Å². The molecule has 6 N–H and O–H groups in total. The van der Waals surface area contributed by atoms with Gasteiger partial charge >= 0.3 is 24.2 Å². The highest BCUT2D eigenvalue weighted by atomic mass is 32.1. The molecule has 0 unspecified atom stereocenters. The fraction of sp³-hybridized carbons (Fsp3) is 0.538. The number of aromatic carboxylic acids is 1. The second-order valence-corrected chi connectivity index (χ2v) is 10.2. The number of carboxylic acids is 2. The van der Waals surface area contributed by atoms with Gasteiger partial charge in [-0.1, -0.05) is 26.0 Å². The largest absolute Gasteiger partial charge is 0.481 e. The minimum absolute atomic E-state index is 0.0396. The number of ether oxygens (including phenoxy) is 1. The number of benzene rings is 1. The van der Waals surface area contributed by atoms with Crippen LogP contribution >= 0.6 is 12.6 Å². The number of carboxylic acid groups (broad SMARTS) is 2. The lowest BCUT2D eigenvalue weighted by Gasteiger charge is -2.25. The summed E-state index contributed by atoms with van der Waals surface area (Å²) in [4.78, 5) is 72.2. The van der Waals surface area contributed by atoms with Gasteiger partial charge in [-0.05, 0) is 36.5 Å². The Morgan fingerprint density at radius 2 is 1.47 bits per heavy atom. The smallest absolute Gasteiger partial charge is 0.407 e. The van der Waals surface area contributed by atoms with Crippen molar-refractivity contribution in [2.75, 3.05) is 18.9 Å². The van der Waals surface area contributed by atoms with Gasteiger partial charge in [-0.15, -0.1) is 0 Å². The number of hydrogen-bond acceptors (Lipinski definition) is 8. The van der Waals surface area contributed by atoms with E-state index >= 15 is 0 Å². The quantitative estimate of drug-likeness (QED) is 0.124. The topological polar surface area (TPSA) is 200 Å². The monoisotopic (exact) mass is 636 g/mol. The predicted molar refractivity (Wildman–Crippen MR) is 148 cm³/mol. The summed E-state index contributed by atoms with van der Waals surface area (Å²) in [5, 5.41) is 26.5. The molecular formula is C26H35F3N4O9S. The SMILES string of the molecule is CC(C)COC(=O)N[C@@H](CCC(=O)O)C(=O)N[C@@H](CC(F)(F)F)C(=O)N[C@@H](CS)C(=O)NCCc1ccc(C(=O)O)cc1. The van der Waals surface area contributed by atoms with Crippen molar-refractivity contribution in [3.63, 3.8) is 0 Å². The number of carbonyl (C=O) groups excluding carboxylic acids is 4. The van der Waals surface area contributed by atoms with Gasteiger partial charge in [0.2, 0.25) is 17.7 Å². The summed E-state index contributed by atoms with van der Waals surface area (Å²) in [7, 11) is 0. The maximum atomic E-state index is 13.3. The van der Waals surface area contributed by atoms with Crippen molar-refractivity contribution in [3.05, 3.63) is 35.4 Å². The third kappa shape index (κ3) is 15.1. The van der Waals surface area contributed by atoms with Crippen LogP contribution in [0.3, 0.4) is 0 Å². The van der Waals surface area contributed by atoms with Crippen molar-refractivity contribution in [2.24, 2.45) is 5.92 Å². The van der Waals surface area contributed by atoms with Crippen LogP contribution in [-0.4, -0.2) is 89.2 Å². The molecule has 3 atom stereocenters. The Morgan fingerprint density at radius 3 is 1.98 bits per heavy atom. The molecular weight excluding hydrogens is 601 g/mol. The fourth-order valence-electron chi connectivity index (χ4n) is 3.41. The van der Waals surface area contributed by atoms with Gasteiger partial charge < -0.3 is 36.2 Å². The van der Waals surface area contributed by atoms with Crippen LogP contribution in [0.15, 0.2) is 24.3 Å². The first-order valence-corrected chi connectivity index (χ1v) is 13.7. The summed E-state index contributed by atoms with van der Waals surface area (Å²) in [6.45, 7) is 3.44. The summed E-state index contributed by atoms with van der Waals surface area (Å²) < 4.78 is 44.8. The molecule has 1 aromatic rings. The molecule has 0 fully saturated rings. The molecule has 0 aliphatic heterocycles. The maximum absolute atomic E-state index is 13.3. The molecule has 13 nitrogen and oxygen atoms in total. The molecule has 43 heavy (non-hydrogen) atoms. The average Bonchev–Trinajstić information content (AvgIpc) is 2.91. The van der Waals surface area contributed by atoms with E-state index in [0.29, 0.717) is 5.56 Å². The number of alkyl carbamates (subject to hydrolysis) is 1. The van der Waals surface area contributed by atoms with Crippen LogP contribution in [0.25, 0.3) is 0 Å². The third-order valence-corrected chi connectivity index (χ3v) is 5.97. The molecule has 0 aliphatic carbocycles. The summed E-state index contributed by atoms with van der Waals surface area (Å²) >= 11 is 3.97. The molecule has 0 aliphatic rings. The minimum Gasteiger partial charge on any atom is -0.481 e. The van der Waals surface area contributed by atoms with Crippen LogP contribution in [0.2, 0.25) is 0 Å². The van der Waals surface area contributed by atoms with Gasteiger partial charge in [0, 0.05) is 18.7 Å². The van der Waals surface area contributed by atoms with Crippen LogP contribution in [0.1, 0.15) is 49.0 Å². The number of thiol groups is 1. The molecule has 0 radical (unpaired) electrons. The zero-order valence-electron chi connectivity index (χ0n) is 23.4. The van der Waals surface area contributed by atoms with Crippen LogP contribution in [-0.2, 0) is 30.3 Å². The molecule has 0 aromatic heterocycles. The third-order valence-electron chi connectivity index (χ3n) is 5.60.